The summed E-state index contributed by atoms with van der Waals surface area (Å²) in [5, 5.41) is 42.8. The number of hydrogen-bond donors (Lipinski definition) is 9. The van der Waals surface area contributed by atoms with E-state index in [1.807, 2.05) is 0 Å². The molecule has 6 atom stereocenters. The third-order valence-electron chi connectivity index (χ3n) is 6.15. The van der Waals surface area contributed by atoms with Crippen LogP contribution in [0.1, 0.15) is 52.4 Å². The summed E-state index contributed by atoms with van der Waals surface area (Å²) in [6, 6.07) is -2.91. The summed E-state index contributed by atoms with van der Waals surface area (Å²) in [7, 11) is 0. The lowest BCUT2D eigenvalue weighted by molar-refractivity contribution is -0.138. The van der Waals surface area contributed by atoms with Gasteiger partial charge in [0, 0.05) is 37.6 Å². The number of Topliss-reactive ketones (excluding diaryl/α,β-unsaturated/α-hetero) is 2. The normalized spacial score (nSPS) is 15.4. The van der Waals surface area contributed by atoms with Crippen molar-refractivity contribution < 1.29 is 49.2 Å². The number of guanidine groups is 1. The molecule has 40 heavy (non-hydrogen) atoms. The smallest absolute Gasteiger partial charge is 0.303 e. The second-order valence-corrected chi connectivity index (χ2v) is 9.57. The number of carbonyl (C=O) groups excluding carboxylic acids is 5. The third-order valence-corrected chi connectivity index (χ3v) is 6.15. The van der Waals surface area contributed by atoms with Crippen LogP contribution in [0.4, 0.5) is 0 Å². The number of nitrogens with two attached hydrogens (primary N) is 3. The minimum Gasteiger partial charge on any atom is -0.481 e. The van der Waals surface area contributed by atoms with Gasteiger partial charge in [0.1, 0.15) is 12.1 Å². The van der Waals surface area contributed by atoms with Gasteiger partial charge in [-0.25, -0.2) is 0 Å². The van der Waals surface area contributed by atoms with Crippen LogP contribution in [-0.2, 0) is 28.8 Å². The second kappa shape index (κ2) is 18.6. The van der Waals surface area contributed by atoms with Gasteiger partial charge in [-0.1, -0.05) is 6.92 Å². The van der Waals surface area contributed by atoms with Gasteiger partial charge in [0.2, 0.25) is 17.7 Å². The molecule has 3 amide bonds. The number of hydrogen-bond acceptors (Lipinski definition) is 10. The maximum atomic E-state index is 12.8. The number of nitrogens with zero attached hydrogens (tertiary/aromatic N) is 1. The van der Waals surface area contributed by atoms with Crippen molar-refractivity contribution in [1.82, 2.24) is 10.6 Å². The van der Waals surface area contributed by atoms with Crippen LogP contribution in [0.2, 0.25) is 0 Å². The van der Waals surface area contributed by atoms with Crippen molar-refractivity contribution in [3.05, 3.63) is 0 Å². The summed E-state index contributed by atoms with van der Waals surface area (Å²) in [5.74, 6) is -8.40. The van der Waals surface area contributed by atoms with Gasteiger partial charge in [0.15, 0.2) is 17.5 Å². The SMILES string of the molecule is C[C@@H](CCCN=C(N)N)C(=O)N[C@@H](CO)C(=O)C[C@@H](CO)C(=O)N[C@H](C(=O)C[C@@H](CCC(=O)O)C(N)=O)[C@@H](C)O. The fraction of sp³-hybridized carbons (Fsp3) is 0.708. The molecule has 0 heterocycles. The Morgan fingerprint density at radius 1 is 0.825 bits per heavy atom. The number of primary amides is 1. The molecular formula is C24H42N6O10. The number of carbonyl (C=O) groups is 6. The highest BCUT2D eigenvalue weighted by Crippen LogP contribution is 2.15. The van der Waals surface area contributed by atoms with E-state index in [1.165, 1.54) is 6.92 Å². The van der Waals surface area contributed by atoms with E-state index in [4.69, 9.17) is 22.3 Å². The molecule has 0 aliphatic rings. The standard InChI is InChI=1S/C24H42N6O10/c1-12(4-3-7-28-24(26)27)22(39)29-16(11-32)17(34)9-15(10-31)23(40)30-20(13(2)33)18(35)8-14(21(25)38)5-6-19(36)37/h12-16,20,31-33H,3-11H2,1-2H3,(H2,25,38)(H,29,39)(H,30,40)(H,36,37)(H4,26,27,28)/t12-,13+,14+,15-,16-,20-/m0/s1. The zero-order valence-corrected chi connectivity index (χ0v) is 22.7. The van der Waals surface area contributed by atoms with Crippen molar-refractivity contribution in [2.75, 3.05) is 19.8 Å². The molecule has 0 aliphatic carbocycles. The highest BCUT2D eigenvalue weighted by molar-refractivity contribution is 5.96. The molecule has 0 aromatic rings. The van der Waals surface area contributed by atoms with Gasteiger partial charge >= 0.3 is 5.97 Å². The molecule has 0 radical (unpaired) electrons. The molecule has 0 spiro atoms. The van der Waals surface area contributed by atoms with Gasteiger partial charge in [0.25, 0.3) is 0 Å². The number of rotatable bonds is 21. The van der Waals surface area contributed by atoms with Crippen LogP contribution in [-0.4, -0.2) is 99.6 Å². The monoisotopic (exact) mass is 574 g/mol. The zero-order chi connectivity index (χ0) is 31.0. The highest BCUT2D eigenvalue weighted by atomic mass is 16.4. The first-order valence-corrected chi connectivity index (χ1v) is 12.8. The van der Waals surface area contributed by atoms with Crippen molar-refractivity contribution in [3.8, 4) is 0 Å². The Bertz CT molecular complexity index is 922. The summed E-state index contributed by atoms with van der Waals surface area (Å²) < 4.78 is 0. The summed E-state index contributed by atoms with van der Waals surface area (Å²) in [4.78, 5) is 76.9. The quantitative estimate of drug-likeness (QED) is 0.0366. The Morgan fingerprint density at radius 3 is 1.90 bits per heavy atom. The number of aliphatic carboxylic acids is 1. The van der Waals surface area contributed by atoms with Crippen molar-refractivity contribution in [2.45, 2.75) is 70.6 Å². The molecule has 0 saturated heterocycles. The predicted molar refractivity (Wildman–Crippen MR) is 141 cm³/mol. The number of carboxylic acid groups (broad SMARTS) is 1. The molecule has 12 N–H and O–H groups in total. The van der Waals surface area contributed by atoms with E-state index in [9.17, 15) is 44.1 Å². The van der Waals surface area contributed by atoms with Crippen LogP contribution in [0.5, 0.6) is 0 Å². The molecule has 0 unspecified atom stereocenters. The Hall–Kier alpha value is -3.63. The van der Waals surface area contributed by atoms with Crippen LogP contribution >= 0.6 is 0 Å². The number of carboxylic acids is 1. The molecule has 0 aliphatic heterocycles. The first-order valence-electron chi connectivity index (χ1n) is 12.8. The third kappa shape index (κ3) is 14.0. The molecule has 228 valence electrons. The first kappa shape index (κ1) is 36.4. The molecule has 16 heteroatoms. The molecular weight excluding hydrogens is 532 g/mol. The van der Waals surface area contributed by atoms with E-state index in [0.29, 0.717) is 19.4 Å². The average molecular weight is 575 g/mol. The van der Waals surface area contributed by atoms with Crippen molar-refractivity contribution in [2.24, 2.45) is 39.9 Å². The number of aliphatic imine (C=N–C) groups is 1. The van der Waals surface area contributed by atoms with Crippen molar-refractivity contribution in [1.29, 1.82) is 0 Å². The van der Waals surface area contributed by atoms with Gasteiger partial charge in [-0.15, -0.1) is 0 Å². The van der Waals surface area contributed by atoms with E-state index >= 15 is 0 Å². The maximum absolute atomic E-state index is 12.8. The van der Waals surface area contributed by atoms with Crippen molar-refractivity contribution in [3.63, 3.8) is 0 Å². The summed E-state index contributed by atoms with van der Waals surface area (Å²) in [6.07, 6.45) is -2.40. The van der Waals surface area contributed by atoms with Crippen molar-refractivity contribution >= 4 is 41.2 Å². The Labute approximate surface area is 231 Å². The lowest BCUT2D eigenvalue weighted by Gasteiger charge is -2.25. The number of aliphatic hydroxyl groups is 3. The van der Waals surface area contributed by atoms with Gasteiger partial charge in [-0.05, 0) is 26.2 Å². The maximum Gasteiger partial charge on any atom is 0.303 e. The Balaban J connectivity index is 5.24. The summed E-state index contributed by atoms with van der Waals surface area (Å²) >= 11 is 0. The lowest BCUT2D eigenvalue weighted by atomic mass is 9.91. The highest BCUT2D eigenvalue weighted by Gasteiger charge is 2.33. The number of aliphatic hydroxyl groups excluding tert-OH is 3. The molecule has 0 bridgehead atoms. The van der Waals surface area contributed by atoms with Crippen LogP contribution < -0.4 is 27.8 Å². The van der Waals surface area contributed by atoms with Gasteiger partial charge < -0.3 is 48.3 Å². The van der Waals surface area contributed by atoms with E-state index in [-0.39, 0.29) is 12.4 Å². The predicted octanol–water partition coefficient (Wildman–Crippen LogP) is -3.49. The Kier molecular flexibility index (Phi) is 16.9. The molecule has 16 nitrogen and oxygen atoms in total. The van der Waals surface area contributed by atoms with Gasteiger partial charge in [0.05, 0.1) is 25.2 Å². The minimum absolute atomic E-state index is 0.0831. The fourth-order valence-corrected chi connectivity index (χ4v) is 3.66. The molecule has 0 rings (SSSR count). The number of nitrogens with one attached hydrogen (secondary N) is 2. The van der Waals surface area contributed by atoms with E-state index in [0.717, 1.165) is 0 Å². The largest absolute Gasteiger partial charge is 0.481 e. The number of ketones is 2. The second-order valence-electron chi connectivity index (χ2n) is 9.57. The average Bonchev–Trinajstić information content (AvgIpc) is 2.87. The van der Waals surface area contributed by atoms with Crippen LogP contribution in [0.3, 0.4) is 0 Å². The van der Waals surface area contributed by atoms with Crippen LogP contribution in [0, 0.1) is 17.8 Å². The molecule has 0 aromatic heterocycles. The number of amides is 3. The van der Waals surface area contributed by atoms with Crippen LogP contribution in [0.15, 0.2) is 4.99 Å². The van der Waals surface area contributed by atoms with E-state index in [1.54, 1.807) is 6.92 Å². The molecule has 0 aromatic carbocycles. The molecule has 0 fully saturated rings. The van der Waals surface area contributed by atoms with E-state index in [2.05, 4.69) is 15.6 Å². The summed E-state index contributed by atoms with van der Waals surface area (Å²) in [5.41, 5.74) is 15.7. The minimum atomic E-state index is -1.54. The lowest BCUT2D eigenvalue weighted by Crippen LogP contribution is -2.52. The van der Waals surface area contributed by atoms with E-state index < -0.39 is 104 Å². The molecule has 0 saturated carbocycles. The van der Waals surface area contributed by atoms with Gasteiger partial charge in [-0.3, -0.25) is 33.8 Å². The fourth-order valence-electron chi connectivity index (χ4n) is 3.66. The summed E-state index contributed by atoms with van der Waals surface area (Å²) in [6.45, 7) is 1.48. The van der Waals surface area contributed by atoms with Crippen LogP contribution in [0.25, 0.3) is 0 Å². The Morgan fingerprint density at radius 2 is 1.43 bits per heavy atom. The van der Waals surface area contributed by atoms with Gasteiger partial charge in [-0.2, -0.15) is 0 Å². The first-order chi connectivity index (χ1) is 18.6. The topological polar surface area (TPSA) is 298 Å². The zero-order valence-electron chi connectivity index (χ0n) is 22.7.